The fourth-order valence-corrected chi connectivity index (χ4v) is 0. The van der Waals surface area contributed by atoms with Gasteiger partial charge in [0.1, 0.15) is 0 Å². The first-order valence-corrected chi connectivity index (χ1v) is 3.27. The summed E-state index contributed by atoms with van der Waals surface area (Å²) in [5, 5.41) is 0. The molecular formula is H5ClNO3P. The number of rotatable bonds is 0. The maximum Gasteiger partial charge on any atom is 0.419 e. The van der Waals surface area contributed by atoms with Crippen LogP contribution in [0.1, 0.15) is 0 Å². The van der Waals surface area contributed by atoms with E-state index in [1.807, 2.05) is 0 Å². The molecule has 40 valence electrons. The molecule has 0 heterocycles. The number of halogens is 1. The Hall–Kier alpha value is 0.400. The maximum atomic E-state index is 9.09. The van der Waals surface area contributed by atoms with Crippen LogP contribution in [0.4, 0.5) is 0 Å². The highest BCUT2D eigenvalue weighted by atomic mass is 35.7. The van der Waals surface area contributed by atoms with Crippen LogP contribution in [0.25, 0.3) is 0 Å². The lowest BCUT2D eigenvalue weighted by Crippen LogP contribution is -1.54. The molecule has 0 aromatic carbocycles. The summed E-state index contributed by atoms with van der Waals surface area (Å²) >= 11 is 4.20. The van der Waals surface area contributed by atoms with Crippen molar-refractivity contribution in [3.05, 3.63) is 0 Å². The summed E-state index contributed by atoms with van der Waals surface area (Å²) in [6.45, 7) is -4.17. The SMILES string of the molecule is N.O=P(O)(O)Cl. The van der Waals surface area contributed by atoms with Crippen LogP contribution in [0, 0.1) is 0 Å². The molecule has 0 aromatic rings. The summed E-state index contributed by atoms with van der Waals surface area (Å²) < 4.78 is 9.09. The van der Waals surface area contributed by atoms with Crippen molar-refractivity contribution in [3.63, 3.8) is 0 Å². The van der Waals surface area contributed by atoms with Crippen LogP contribution in [-0.4, -0.2) is 9.79 Å². The third kappa shape index (κ3) is 318. The molecule has 0 aliphatic heterocycles. The predicted octanol–water partition coefficient (Wildman–Crippen LogP) is 0.480. The average Bonchev–Trinajstić information content (AvgIpc) is 0.722. The molecule has 6 heteroatoms. The fraction of sp³-hybridized carbons (Fsp3) is 0. The van der Waals surface area contributed by atoms with E-state index in [9.17, 15) is 0 Å². The molecule has 0 aromatic heterocycles. The second-order valence-electron chi connectivity index (χ2n) is 0.473. The zero-order valence-electron chi connectivity index (χ0n) is 2.83. The number of hydrogen-bond acceptors (Lipinski definition) is 2. The molecule has 0 saturated heterocycles. The summed E-state index contributed by atoms with van der Waals surface area (Å²) in [6, 6.07) is 0. The van der Waals surface area contributed by atoms with Gasteiger partial charge in [-0.2, -0.15) is 0 Å². The van der Waals surface area contributed by atoms with E-state index in [1.165, 1.54) is 0 Å². The molecule has 0 radical (unpaired) electrons. The summed E-state index contributed by atoms with van der Waals surface area (Å²) in [5.41, 5.74) is 0. The Morgan fingerprint density at radius 3 is 1.50 bits per heavy atom. The normalized spacial score (nSPS) is 9.83. The quantitative estimate of drug-likeness (QED) is 0.419. The van der Waals surface area contributed by atoms with Gasteiger partial charge in [0.05, 0.1) is 0 Å². The van der Waals surface area contributed by atoms with Crippen LogP contribution in [0.2, 0.25) is 0 Å². The van der Waals surface area contributed by atoms with Crippen molar-refractivity contribution in [2.45, 2.75) is 0 Å². The first-order valence-electron chi connectivity index (χ1n) is 0.752. The fourth-order valence-electron chi connectivity index (χ4n) is 0. The van der Waals surface area contributed by atoms with Crippen molar-refractivity contribution >= 4 is 18.2 Å². The topological polar surface area (TPSA) is 92.5 Å². The maximum absolute atomic E-state index is 9.09. The van der Waals surface area contributed by atoms with Gasteiger partial charge in [0.15, 0.2) is 0 Å². The number of hydrogen-bond donors (Lipinski definition) is 3. The molecule has 5 N–H and O–H groups in total. The third-order valence-electron chi connectivity index (χ3n) is 0. The van der Waals surface area contributed by atoms with Gasteiger partial charge < -0.3 is 15.9 Å². The van der Waals surface area contributed by atoms with Gasteiger partial charge in [-0.15, -0.1) is 0 Å². The Balaban J connectivity index is 0. The van der Waals surface area contributed by atoms with Crippen LogP contribution in [0.5, 0.6) is 0 Å². The molecule has 6 heavy (non-hydrogen) atoms. The van der Waals surface area contributed by atoms with Gasteiger partial charge in [0.25, 0.3) is 0 Å². The smallest absolute Gasteiger partial charge is 0.344 e. The van der Waals surface area contributed by atoms with E-state index in [4.69, 9.17) is 14.4 Å². The van der Waals surface area contributed by atoms with Gasteiger partial charge in [-0.05, 0) is 0 Å². The molecule has 0 bridgehead atoms. The lowest BCUT2D eigenvalue weighted by molar-refractivity contribution is 0.395. The van der Waals surface area contributed by atoms with Crippen molar-refractivity contribution in [1.29, 1.82) is 0 Å². The molecule has 0 rings (SSSR count). The molecule has 0 fully saturated rings. The van der Waals surface area contributed by atoms with Crippen LogP contribution < -0.4 is 6.15 Å². The van der Waals surface area contributed by atoms with Gasteiger partial charge in [0, 0.05) is 11.2 Å². The molecular weight excluding hydrogens is 128 g/mol. The van der Waals surface area contributed by atoms with E-state index >= 15 is 0 Å². The molecule has 0 spiro atoms. The van der Waals surface area contributed by atoms with Crippen molar-refractivity contribution in [1.82, 2.24) is 6.15 Å². The molecule has 0 unspecified atom stereocenters. The van der Waals surface area contributed by atoms with Crippen molar-refractivity contribution < 1.29 is 14.4 Å². The van der Waals surface area contributed by atoms with E-state index in [2.05, 4.69) is 11.2 Å². The minimum Gasteiger partial charge on any atom is -0.344 e. The minimum atomic E-state index is -4.17. The van der Waals surface area contributed by atoms with Gasteiger partial charge in [-0.25, -0.2) is 4.57 Å². The molecule has 4 nitrogen and oxygen atoms in total. The van der Waals surface area contributed by atoms with Gasteiger partial charge in [-0.3, -0.25) is 0 Å². The molecule has 0 atom stereocenters. The van der Waals surface area contributed by atoms with Gasteiger partial charge >= 0.3 is 6.95 Å². The molecule has 0 amide bonds. The average molecular weight is 133 g/mol. The minimum absolute atomic E-state index is 0. The standard InChI is InChI=1S/ClH2O3P.H3N/c1-5(2,3)4;/h(H2,2,3,4);1H3. The Labute approximate surface area is 39.7 Å². The lowest BCUT2D eigenvalue weighted by Gasteiger charge is -1.80. The Bertz CT molecular complexity index is 56.9. The molecule has 0 aliphatic rings. The van der Waals surface area contributed by atoms with E-state index in [-0.39, 0.29) is 6.15 Å². The van der Waals surface area contributed by atoms with Gasteiger partial charge in [0.2, 0.25) is 0 Å². The third-order valence-corrected chi connectivity index (χ3v) is 0. The Morgan fingerprint density at radius 1 is 1.50 bits per heavy atom. The van der Waals surface area contributed by atoms with Crippen molar-refractivity contribution in [2.75, 3.05) is 0 Å². The first kappa shape index (κ1) is 9.64. The van der Waals surface area contributed by atoms with E-state index < -0.39 is 6.95 Å². The summed E-state index contributed by atoms with van der Waals surface area (Å²) in [4.78, 5) is 14.8. The largest absolute Gasteiger partial charge is 0.419 e. The first-order chi connectivity index (χ1) is 2.00. The van der Waals surface area contributed by atoms with Crippen LogP contribution in [0.3, 0.4) is 0 Å². The molecule has 0 saturated carbocycles. The highest BCUT2D eigenvalue weighted by Crippen LogP contribution is 2.39. The van der Waals surface area contributed by atoms with Crippen LogP contribution in [-0.2, 0) is 4.57 Å². The monoisotopic (exact) mass is 133 g/mol. The van der Waals surface area contributed by atoms with E-state index in [0.29, 0.717) is 0 Å². The highest BCUT2D eigenvalue weighted by Gasteiger charge is 2.01. The van der Waals surface area contributed by atoms with Crippen molar-refractivity contribution in [3.8, 4) is 0 Å². The second kappa shape index (κ2) is 2.55. The molecule has 0 aliphatic carbocycles. The Morgan fingerprint density at radius 2 is 1.50 bits per heavy atom. The van der Waals surface area contributed by atoms with Crippen LogP contribution in [0.15, 0.2) is 0 Å². The second-order valence-corrected chi connectivity index (χ2v) is 2.74. The Kier molecular flexibility index (Phi) is 4.10. The van der Waals surface area contributed by atoms with E-state index in [1.54, 1.807) is 0 Å². The predicted molar refractivity (Wildman–Crippen MR) is 22.9 cm³/mol. The summed E-state index contributed by atoms with van der Waals surface area (Å²) in [5.74, 6) is 0. The lowest BCUT2D eigenvalue weighted by atomic mass is 14.0. The summed E-state index contributed by atoms with van der Waals surface area (Å²) in [6.07, 6.45) is 0. The highest BCUT2D eigenvalue weighted by molar-refractivity contribution is 7.79. The zero-order valence-corrected chi connectivity index (χ0v) is 4.49. The van der Waals surface area contributed by atoms with Gasteiger partial charge in [-0.1, -0.05) is 0 Å². The van der Waals surface area contributed by atoms with Crippen molar-refractivity contribution in [2.24, 2.45) is 0 Å². The van der Waals surface area contributed by atoms with Crippen LogP contribution >= 0.6 is 18.2 Å². The van der Waals surface area contributed by atoms with E-state index in [0.717, 1.165) is 0 Å². The zero-order chi connectivity index (χ0) is 4.50. The summed E-state index contributed by atoms with van der Waals surface area (Å²) in [7, 11) is 0.